The summed E-state index contributed by atoms with van der Waals surface area (Å²) in [6.45, 7) is 17.4. The Bertz CT molecular complexity index is 1580. The van der Waals surface area contributed by atoms with E-state index in [1.54, 1.807) is 0 Å². The van der Waals surface area contributed by atoms with Crippen LogP contribution in [0.15, 0.2) is 41.4 Å². The predicted octanol–water partition coefficient (Wildman–Crippen LogP) is 7.23. The average molecular weight is 693 g/mol. The number of piperidine rings is 2. The van der Waals surface area contributed by atoms with Gasteiger partial charge in [0.1, 0.15) is 29.6 Å². The zero-order chi connectivity index (χ0) is 32.6. The lowest BCUT2D eigenvalue weighted by atomic mass is 9.72. The van der Waals surface area contributed by atoms with Crippen molar-refractivity contribution < 1.29 is 19.0 Å². The van der Waals surface area contributed by atoms with E-state index in [-0.39, 0.29) is 17.6 Å². The maximum atomic E-state index is 12.6. The van der Waals surface area contributed by atoms with Gasteiger partial charge in [-0.15, -0.1) is 0 Å². The van der Waals surface area contributed by atoms with Crippen molar-refractivity contribution >= 4 is 44.8 Å². The van der Waals surface area contributed by atoms with Gasteiger partial charge in [-0.2, -0.15) is 9.97 Å². The van der Waals surface area contributed by atoms with E-state index in [2.05, 4.69) is 76.6 Å². The lowest BCUT2D eigenvalue weighted by Crippen LogP contribution is -2.62. The van der Waals surface area contributed by atoms with E-state index in [1.165, 1.54) is 5.56 Å². The maximum Gasteiger partial charge on any atom is 0.410 e. The summed E-state index contributed by atoms with van der Waals surface area (Å²) in [6.07, 6.45) is 5.47. The number of anilines is 1. The number of carbonyl (C=O) groups excluding carboxylic acids is 1. The van der Waals surface area contributed by atoms with Crippen LogP contribution in [-0.2, 0) is 11.3 Å². The first-order valence-electron chi connectivity index (χ1n) is 16.4. The van der Waals surface area contributed by atoms with Crippen molar-refractivity contribution in [2.45, 2.75) is 71.7 Å². The van der Waals surface area contributed by atoms with Crippen molar-refractivity contribution in [1.82, 2.24) is 19.8 Å². The highest BCUT2D eigenvalue weighted by molar-refractivity contribution is 9.10. The monoisotopic (exact) mass is 691 g/mol. The van der Waals surface area contributed by atoms with E-state index in [0.717, 1.165) is 97.3 Å². The molecule has 0 saturated carbocycles. The van der Waals surface area contributed by atoms with E-state index in [9.17, 15) is 4.79 Å². The Labute approximate surface area is 281 Å². The largest absolute Gasteiger partial charge is 0.485 e. The van der Waals surface area contributed by atoms with Crippen LogP contribution in [0.5, 0.6) is 11.8 Å². The van der Waals surface area contributed by atoms with Gasteiger partial charge in [-0.05, 0) is 93.5 Å². The second kappa shape index (κ2) is 13.0. The Kier molecular flexibility index (Phi) is 9.22. The van der Waals surface area contributed by atoms with Gasteiger partial charge in [0.15, 0.2) is 5.75 Å². The molecule has 9 nitrogen and oxygen atoms in total. The average Bonchev–Trinajstić information content (AvgIpc) is 3.00. The normalized spacial score (nSPS) is 18.8. The molecular formula is C36H46BrN5O4. The van der Waals surface area contributed by atoms with Crippen LogP contribution in [0.1, 0.15) is 63.1 Å². The van der Waals surface area contributed by atoms with Crippen LogP contribution in [0.2, 0.25) is 0 Å². The number of hydrogen-bond acceptors (Lipinski definition) is 8. The summed E-state index contributed by atoms with van der Waals surface area (Å²) in [5.74, 6) is 1.51. The molecule has 10 heteroatoms. The molecule has 246 valence electrons. The van der Waals surface area contributed by atoms with Gasteiger partial charge in [0, 0.05) is 50.1 Å². The van der Waals surface area contributed by atoms with Gasteiger partial charge in [-0.25, -0.2) is 4.79 Å². The molecule has 3 aliphatic heterocycles. The number of aromatic nitrogens is 2. The Balaban J connectivity index is 1.30. The molecule has 0 bridgehead atoms. The predicted molar refractivity (Wildman–Crippen MR) is 186 cm³/mol. The lowest BCUT2D eigenvalue weighted by Gasteiger charge is -2.53. The molecule has 0 atom stereocenters. The van der Waals surface area contributed by atoms with Crippen LogP contribution in [0.3, 0.4) is 0 Å². The summed E-state index contributed by atoms with van der Waals surface area (Å²) < 4.78 is 19.5. The van der Waals surface area contributed by atoms with E-state index < -0.39 is 5.60 Å². The minimum atomic E-state index is -0.493. The molecule has 3 saturated heterocycles. The molecule has 0 N–H and O–H groups in total. The van der Waals surface area contributed by atoms with E-state index in [4.69, 9.17) is 24.2 Å². The molecule has 6 rings (SSSR count). The molecule has 0 radical (unpaired) electrons. The van der Waals surface area contributed by atoms with Gasteiger partial charge < -0.3 is 28.9 Å². The van der Waals surface area contributed by atoms with Crippen LogP contribution in [0.25, 0.3) is 17.0 Å². The smallest absolute Gasteiger partial charge is 0.410 e. The summed E-state index contributed by atoms with van der Waals surface area (Å²) in [7, 11) is 2.14. The number of hydrogen-bond donors (Lipinski definition) is 0. The Morgan fingerprint density at radius 1 is 1.09 bits per heavy atom. The Morgan fingerprint density at radius 3 is 2.39 bits per heavy atom. The molecule has 1 aromatic heterocycles. The molecule has 1 amide bonds. The van der Waals surface area contributed by atoms with Crippen LogP contribution >= 0.6 is 15.9 Å². The molecular weight excluding hydrogens is 646 g/mol. The highest BCUT2D eigenvalue weighted by Crippen LogP contribution is 2.45. The summed E-state index contributed by atoms with van der Waals surface area (Å²) >= 11 is 3.81. The number of carbonyl (C=O) groups is 1. The quantitative estimate of drug-likeness (QED) is 0.257. The van der Waals surface area contributed by atoms with Gasteiger partial charge in [0.05, 0.1) is 4.47 Å². The first kappa shape index (κ1) is 32.6. The fraction of sp³-hybridized carbons (Fsp3) is 0.528. The maximum absolute atomic E-state index is 12.6. The number of fused-ring (bicyclic) bond motifs is 1. The Morgan fingerprint density at radius 2 is 1.76 bits per heavy atom. The molecule has 2 aromatic carbocycles. The van der Waals surface area contributed by atoms with E-state index in [0.29, 0.717) is 18.4 Å². The topological polar surface area (TPSA) is 80.3 Å². The van der Waals surface area contributed by atoms with Crippen LogP contribution in [0.4, 0.5) is 10.6 Å². The summed E-state index contributed by atoms with van der Waals surface area (Å²) in [5, 5.41) is 0.910. The van der Waals surface area contributed by atoms with Crippen molar-refractivity contribution in [3.63, 3.8) is 0 Å². The fourth-order valence-corrected chi connectivity index (χ4v) is 7.17. The molecule has 3 aliphatic rings. The van der Waals surface area contributed by atoms with E-state index in [1.807, 2.05) is 31.7 Å². The van der Waals surface area contributed by atoms with Crippen molar-refractivity contribution in [1.29, 1.82) is 0 Å². The van der Waals surface area contributed by atoms with Crippen LogP contribution < -0.4 is 14.4 Å². The van der Waals surface area contributed by atoms with Crippen molar-refractivity contribution in [2.75, 3.05) is 51.2 Å². The molecule has 0 unspecified atom stereocenters. The fourth-order valence-electron chi connectivity index (χ4n) is 6.59. The molecule has 46 heavy (non-hydrogen) atoms. The molecule has 3 aromatic rings. The van der Waals surface area contributed by atoms with Gasteiger partial charge >= 0.3 is 12.1 Å². The molecule has 4 heterocycles. The number of halogens is 1. The van der Waals surface area contributed by atoms with Crippen LogP contribution in [0, 0.1) is 12.3 Å². The highest BCUT2D eigenvalue weighted by atomic mass is 79.9. The third-order valence-electron chi connectivity index (χ3n) is 9.36. The number of aryl methyl sites for hydroxylation is 1. The summed E-state index contributed by atoms with van der Waals surface area (Å²) in [6, 6.07) is 10.8. The van der Waals surface area contributed by atoms with E-state index >= 15 is 0 Å². The lowest BCUT2D eigenvalue weighted by molar-refractivity contribution is -0.0434. The van der Waals surface area contributed by atoms with Crippen molar-refractivity contribution in [2.24, 2.45) is 5.41 Å². The number of rotatable bonds is 7. The number of benzene rings is 2. The zero-order valence-electron chi connectivity index (χ0n) is 27.8. The number of likely N-dealkylation sites (tertiary alicyclic amines) is 2. The first-order valence-corrected chi connectivity index (χ1v) is 17.1. The first-order chi connectivity index (χ1) is 21.9. The molecule has 0 aliphatic carbocycles. The van der Waals surface area contributed by atoms with Gasteiger partial charge in [-0.3, -0.25) is 0 Å². The summed E-state index contributed by atoms with van der Waals surface area (Å²) in [5.41, 5.74) is 3.54. The van der Waals surface area contributed by atoms with Crippen LogP contribution in [-0.4, -0.2) is 83.9 Å². The van der Waals surface area contributed by atoms with Gasteiger partial charge in [0.25, 0.3) is 0 Å². The second-order valence-corrected chi connectivity index (χ2v) is 15.1. The summed E-state index contributed by atoms with van der Waals surface area (Å²) in [4.78, 5) is 29.2. The van der Waals surface area contributed by atoms with Gasteiger partial charge in [0.2, 0.25) is 0 Å². The number of ether oxygens (including phenoxy) is 3. The molecule has 1 spiro atoms. The van der Waals surface area contributed by atoms with Crippen molar-refractivity contribution in [3.05, 3.63) is 58.1 Å². The minimum absolute atomic E-state index is 0.0627. The molecule has 3 fully saturated rings. The third-order valence-corrected chi connectivity index (χ3v) is 10.2. The number of amides is 1. The number of nitrogens with zero attached hydrogens (tertiary/aromatic N) is 5. The Hall–Kier alpha value is -3.37. The zero-order valence-corrected chi connectivity index (χ0v) is 29.4. The highest BCUT2D eigenvalue weighted by Gasteiger charge is 2.48. The van der Waals surface area contributed by atoms with Gasteiger partial charge in [-0.1, -0.05) is 42.5 Å². The standard InChI is InChI=1S/C36H46BrN5O4/c1-7-26-20-28-30(31(29(26)37)44-21-25-10-8-24(2)9-11-25)38-33(45-27-12-16-40(6)17-13-27)39-32(28)41-18-14-36(15-19-41)22-42(23-36)34(43)46-35(3,4)5/h7-11,20,27H,1,12-19,21-23H2,2-6H3. The second-order valence-electron chi connectivity index (χ2n) is 14.3. The third kappa shape index (κ3) is 7.13. The SMILES string of the molecule is C=Cc1cc2c(N3CCC4(CC3)CN(C(=O)OC(C)(C)C)C4)nc(OC3CCN(C)CC3)nc2c(OCc2ccc(C)cc2)c1Br. The van der Waals surface area contributed by atoms with Crippen molar-refractivity contribution in [3.8, 4) is 11.8 Å². The minimum Gasteiger partial charge on any atom is -0.485 e.